The topological polar surface area (TPSA) is 81.2 Å². The Balaban J connectivity index is 2.34. The fraction of sp³-hybridized carbons (Fsp3) is 0.786. The number of hydrogen-bond acceptors (Lipinski definition) is 4. The van der Waals surface area contributed by atoms with Crippen LogP contribution in [0.1, 0.15) is 38.4 Å². The SMILES string of the molecule is CCN(C1CCCCC1CN)S(=O)(=O)c1cn(C)c(C)n1. The molecule has 0 radical (unpaired) electrons. The molecule has 21 heavy (non-hydrogen) atoms. The molecular formula is C14H26N4O2S. The third-order valence-electron chi connectivity index (χ3n) is 4.51. The molecule has 0 spiro atoms. The van der Waals surface area contributed by atoms with Crippen molar-refractivity contribution < 1.29 is 8.42 Å². The van der Waals surface area contributed by atoms with Gasteiger partial charge in [-0.15, -0.1) is 0 Å². The highest BCUT2D eigenvalue weighted by molar-refractivity contribution is 7.89. The molecule has 1 aromatic heterocycles. The van der Waals surface area contributed by atoms with Gasteiger partial charge < -0.3 is 10.3 Å². The van der Waals surface area contributed by atoms with E-state index >= 15 is 0 Å². The van der Waals surface area contributed by atoms with Gasteiger partial charge in [-0.3, -0.25) is 0 Å². The van der Waals surface area contributed by atoms with E-state index in [1.807, 2.05) is 6.92 Å². The fourth-order valence-corrected chi connectivity index (χ4v) is 4.95. The van der Waals surface area contributed by atoms with Crippen molar-refractivity contribution >= 4 is 10.0 Å². The van der Waals surface area contributed by atoms with Crippen LogP contribution in [0.15, 0.2) is 11.2 Å². The number of rotatable bonds is 5. The van der Waals surface area contributed by atoms with Gasteiger partial charge in [-0.05, 0) is 32.2 Å². The van der Waals surface area contributed by atoms with Crippen LogP contribution >= 0.6 is 0 Å². The van der Waals surface area contributed by atoms with Crippen molar-refractivity contribution in [1.82, 2.24) is 13.9 Å². The summed E-state index contributed by atoms with van der Waals surface area (Å²) in [7, 11) is -1.74. The minimum atomic E-state index is -3.55. The second-order valence-electron chi connectivity index (χ2n) is 5.79. The lowest BCUT2D eigenvalue weighted by molar-refractivity contribution is 0.187. The molecule has 2 unspecified atom stereocenters. The van der Waals surface area contributed by atoms with E-state index in [2.05, 4.69) is 4.98 Å². The Bertz CT molecular complexity index is 562. The third kappa shape index (κ3) is 3.14. The van der Waals surface area contributed by atoms with Gasteiger partial charge in [-0.2, -0.15) is 4.31 Å². The Morgan fingerprint density at radius 3 is 2.62 bits per heavy atom. The van der Waals surface area contributed by atoms with Gasteiger partial charge in [0.1, 0.15) is 5.82 Å². The van der Waals surface area contributed by atoms with E-state index in [1.54, 1.807) is 29.0 Å². The molecule has 0 aromatic carbocycles. The average Bonchev–Trinajstić information content (AvgIpc) is 2.80. The van der Waals surface area contributed by atoms with E-state index in [-0.39, 0.29) is 17.0 Å². The molecule has 1 aromatic rings. The van der Waals surface area contributed by atoms with Gasteiger partial charge >= 0.3 is 0 Å². The molecule has 120 valence electrons. The average molecular weight is 314 g/mol. The third-order valence-corrected chi connectivity index (χ3v) is 6.38. The first-order valence-electron chi connectivity index (χ1n) is 7.63. The highest BCUT2D eigenvalue weighted by Crippen LogP contribution is 2.31. The molecule has 2 N–H and O–H groups in total. The van der Waals surface area contributed by atoms with E-state index in [1.165, 1.54) is 0 Å². The molecule has 1 aliphatic rings. The molecule has 0 saturated heterocycles. The lowest BCUT2D eigenvalue weighted by Crippen LogP contribution is -2.47. The number of sulfonamides is 1. The number of nitrogens with two attached hydrogens (primary N) is 1. The zero-order valence-electron chi connectivity index (χ0n) is 13.1. The molecule has 1 heterocycles. The number of aryl methyl sites for hydroxylation is 2. The normalized spacial score (nSPS) is 23.7. The van der Waals surface area contributed by atoms with Crippen LogP contribution in [0.5, 0.6) is 0 Å². The Hall–Kier alpha value is -0.920. The maximum absolute atomic E-state index is 12.9. The first-order chi connectivity index (χ1) is 9.91. The lowest BCUT2D eigenvalue weighted by atomic mass is 9.84. The summed E-state index contributed by atoms with van der Waals surface area (Å²) < 4.78 is 29.1. The Kier molecular flexibility index (Phi) is 5.06. The molecule has 1 aliphatic carbocycles. The van der Waals surface area contributed by atoms with Gasteiger partial charge in [0, 0.05) is 25.8 Å². The first kappa shape index (κ1) is 16.5. The van der Waals surface area contributed by atoms with Crippen molar-refractivity contribution in [2.45, 2.75) is 50.6 Å². The van der Waals surface area contributed by atoms with E-state index in [4.69, 9.17) is 5.73 Å². The number of aromatic nitrogens is 2. The van der Waals surface area contributed by atoms with E-state index in [0.717, 1.165) is 25.7 Å². The van der Waals surface area contributed by atoms with Crippen molar-refractivity contribution in [3.05, 3.63) is 12.0 Å². The zero-order chi connectivity index (χ0) is 15.6. The summed E-state index contributed by atoms with van der Waals surface area (Å²) in [6.07, 6.45) is 5.69. The molecule has 0 bridgehead atoms. The molecule has 0 aliphatic heterocycles. The molecule has 0 amide bonds. The van der Waals surface area contributed by atoms with Gasteiger partial charge in [-0.25, -0.2) is 13.4 Å². The summed E-state index contributed by atoms with van der Waals surface area (Å²) >= 11 is 0. The Morgan fingerprint density at radius 2 is 2.10 bits per heavy atom. The van der Waals surface area contributed by atoms with Crippen molar-refractivity contribution in [3.63, 3.8) is 0 Å². The summed E-state index contributed by atoms with van der Waals surface area (Å²) in [6, 6.07) is 0.000984. The smallest absolute Gasteiger partial charge is 0.262 e. The maximum atomic E-state index is 12.9. The molecular weight excluding hydrogens is 288 g/mol. The number of hydrogen-bond donors (Lipinski definition) is 1. The predicted molar refractivity (Wildman–Crippen MR) is 82.3 cm³/mol. The van der Waals surface area contributed by atoms with Crippen molar-refractivity contribution in [2.24, 2.45) is 18.7 Å². The first-order valence-corrected chi connectivity index (χ1v) is 9.07. The highest BCUT2D eigenvalue weighted by atomic mass is 32.2. The maximum Gasteiger partial charge on any atom is 0.262 e. The highest BCUT2D eigenvalue weighted by Gasteiger charge is 2.37. The number of imidazole rings is 1. The van der Waals surface area contributed by atoms with Gasteiger partial charge in [0.25, 0.3) is 10.0 Å². The van der Waals surface area contributed by atoms with Crippen LogP contribution in [0, 0.1) is 12.8 Å². The minimum Gasteiger partial charge on any atom is -0.337 e. The van der Waals surface area contributed by atoms with Crippen LogP contribution in [0.25, 0.3) is 0 Å². The number of nitrogens with zero attached hydrogens (tertiary/aromatic N) is 3. The second kappa shape index (κ2) is 6.46. The van der Waals surface area contributed by atoms with Gasteiger partial charge in [0.15, 0.2) is 5.03 Å². The Labute approximate surface area is 127 Å². The van der Waals surface area contributed by atoms with Crippen LogP contribution in [0.3, 0.4) is 0 Å². The standard InChI is InChI=1S/C14H26N4O2S/c1-4-18(13-8-6-5-7-12(13)9-15)21(19,20)14-10-17(3)11(2)16-14/h10,12-13H,4-9,15H2,1-3H3. The van der Waals surface area contributed by atoms with E-state index in [0.29, 0.717) is 18.9 Å². The summed E-state index contributed by atoms with van der Waals surface area (Å²) in [5.41, 5.74) is 5.86. The van der Waals surface area contributed by atoms with Crippen LogP contribution in [-0.2, 0) is 17.1 Å². The largest absolute Gasteiger partial charge is 0.337 e. The summed E-state index contributed by atoms with van der Waals surface area (Å²) in [5.74, 6) is 0.946. The van der Waals surface area contributed by atoms with Crippen molar-refractivity contribution in [3.8, 4) is 0 Å². The second-order valence-corrected chi connectivity index (χ2v) is 7.63. The fourth-order valence-electron chi connectivity index (χ4n) is 3.20. The van der Waals surface area contributed by atoms with Gasteiger partial charge in [0.05, 0.1) is 0 Å². The molecule has 1 saturated carbocycles. The van der Waals surface area contributed by atoms with Crippen LogP contribution in [0.2, 0.25) is 0 Å². The molecule has 1 fully saturated rings. The van der Waals surface area contributed by atoms with Crippen LogP contribution in [-0.4, -0.2) is 41.4 Å². The quantitative estimate of drug-likeness (QED) is 0.887. The molecule has 7 heteroatoms. The minimum absolute atomic E-state index is 0.000984. The van der Waals surface area contributed by atoms with E-state index in [9.17, 15) is 8.42 Å². The van der Waals surface area contributed by atoms with Crippen molar-refractivity contribution in [1.29, 1.82) is 0 Å². The predicted octanol–water partition coefficient (Wildman–Crippen LogP) is 1.26. The van der Waals surface area contributed by atoms with Gasteiger partial charge in [0.2, 0.25) is 0 Å². The summed E-state index contributed by atoms with van der Waals surface area (Å²) in [6.45, 7) is 4.69. The molecule has 2 atom stereocenters. The Morgan fingerprint density at radius 1 is 1.43 bits per heavy atom. The zero-order valence-corrected chi connectivity index (χ0v) is 13.9. The monoisotopic (exact) mass is 314 g/mol. The van der Waals surface area contributed by atoms with Gasteiger partial charge in [-0.1, -0.05) is 19.8 Å². The van der Waals surface area contributed by atoms with Crippen LogP contribution < -0.4 is 5.73 Å². The van der Waals surface area contributed by atoms with E-state index < -0.39 is 10.0 Å². The molecule has 6 nitrogen and oxygen atoms in total. The molecule has 2 rings (SSSR count). The lowest BCUT2D eigenvalue weighted by Gasteiger charge is -2.37. The summed E-state index contributed by atoms with van der Waals surface area (Å²) in [5, 5.41) is 0.144. The van der Waals surface area contributed by atoms with Crippen molar-refractivity contribution in [2.75, 3.05) is 13.1 Å². The summed E-state index contributed by atoms with van der Waals surface area (Å²) in [4.78, 5) is 4.20. The van der Waals surface area contributed by atoms with Crippen LogP contribution in [0.4, 0.5) is 0 Å².